The molecule has 0 bridgehead atoms. The number of hydrogen-bond donors (Lipinski definition) is 1. The zero-order valence-electron chi connectivity index (χ0n) is 14.4. The van der Waals surface area contributed by atoms with Gasteiger partial charge in [-0.05, 0) is 25.7 Å². The summed E-state index contributed by atoms with van der Waals surface area (Å²) in [7, 11) is 0. The van der Waals surface area contributed by atoms with Crippen LogP contribution in [-0.4, -0.2) is 59.0 Å². The predicted molar refractivity (Wildman–Crippen MR) is 85.2 cm³/mol. The van der Waals surface area contributed by atoms with Crippen molar-refractivity contribution < 1.29 is 14.7 Å². The normalized spacial score (nSPS) is 11.7. The zero-order valence-corrected chi connectivity index (χ0v) is 14.4. The van der Waals surface area contributed by atoms with Crippen molar-refractivity contribution in [2.24, 2.45) is 11.8 Å². The molecule has 0 heterocycles. The highest BCUT2D eigenvalue weighted by atomic mass is 16.4. The summed E-state index contributed by atoms with van der Waals surface area (Å²) in [5, 5.41) is 8.80. The van der Waals surface area contributed by atoms with Gasteiger partial charge in [-0.3, -0.25) is 14.5 Å². The number of aliphatic carboxylic acids is 1. The standard InChI is InChI=1S/C16H32N2O3/c1-12(2)9-18(10-13(3)4)15(19)11-17(14(5)6)8-7-16(20)21/h12-14H,7-11H2,1-6H3,(H,20,21). The van der Waals surface area contributed by atoms with Gasteiger partial charge in [-0.1, -0.05) is 27.7 Å². The average molecular weight is 300 g/mol. The molecule has 0 saturated heterocycles. The summed E-state index contributed by atoms with van der Waals surface area (Å²) in [6.07, 6.45) is 0.0693. The van der Waals surface area contributed by atoms with Gasteiger partial charge >= 0.3 is 5.97 Å². The van der Waals surface area contributed by atoms with Crippen molar-refractivity contribution in [2.45, 2.75) is 54.0 Å². The molecule has 0 aromatic heterocycles. The quantitative estimate of drug-likeness (QED) is 0.672. The van der Waals surface area contributed by atoms with Crippen LogP contribution < -0.4 is 0 Å². The molecule has 0 radical (unpaired) electrons. The predicted octanol–water partition coefficient (Wildman–Crippen LogP) is 2.31. The third kappa shape index (κ3) is 9.45. The molecular weight excluding hydrogens is 268 g/mol. The number of carboxylic acids is 1. The maximum atomic E-state index is 12.5. The van der Waals surface area contributed by atoms with E-state index in [4.69, 9.17) is 5.11 Å². The minimum Gasteiger partial charge on any atom is -0.481 e. The lowest BCUT2D eigenvalue weighted by Crippen LogP contribution is -2.46. The smallest absolute Gasteiger partial charge is 0.304 e. The molecule has 0 rings (SSSR count). The molecule has 1 N–H and O–H groups in total. The van der Waals surface area contributed by atoms with E-state index in [2.05, 4.69) is 27.7 Å². The molecule has 0 spiro atoms. The van der Waals surface area contributed by atoms with E-state index in [0.29, 0.717) is 24.9 Å². The van der Waals surface area contributed by atoms with Gasteiger partial charge in [0.05, 0.1) is 13.0 Å². The van der Waals surface area contributed by atoms with Gasteiger partial charge in [0.2, 0.25) is 5.91 Å². The molecule has 0 aromatic carbocycles. The summed E-state index contributed by atoms with van der Waals surface area (Å²) < 4.78 is 0. The van der Waals surface area contributed by atoms with Gasteiger partial charge in [-0.15, -0.1) is 0 Å². The van der Waals surface area contributed by atoms with Crippen LogP contribution in [-0.2, 0) is 9.59 Å². The van der Waals surface area contributed by atoms with Crippen molar-refractivity contribution in [2.75, 3.05) is 26.2 Å². The molecule has 0 unspecified atom stereocenters. The number of hydrogen-bond acceptors (Lipinski definition) is 3. The first-order valence-corrected chi connectivity index (χ1v) is 7.87. The summed E-state index contributed by atoms with van der Waals surface area (Å²) in [6.45, 7) is 14.6. The first kappa shape index (κ1) is 19.9. The van der Waals surface area contributed by atoms with E-state index in [1.54, 1.807) is 0 Å². The highest BCUT2D eigenvalue weighted by Crippen LogP contribution is 2.07. The maximum absolute atomic E-state index is 12.5. The van der Waals surface area contributed by atoms with Gasteiger partial charge in [0.25, 0.3) is 0 Å². The van der Waals surface area contributed by atoms with E-state index in [0.717, 1.165) is 13.1 Å². The summed E-state index contributed by atoms with van der Waals surface area (Å²) in [5.41, 5.74) is 0. The van der Waals surface area contributed by atoms with Crippen molar-refractivity contribution in [3.05, 3.63) is 0 Å². The Hall–Kier alpha value is -1.10. The lowest BCUT2D eigenvalue weighted by atomic mass is 10.1. The molecule has 0 aromatic rings. The van der Waals surface area contributed by atoms with E-state index in [-0.39, 0.29) is 18.4 Å². The Morgan fingerprint density at radius 2 is 1.43 bits per heavy atom. The molecule has 124 valence electrons. The number of nitrogens with zero attached hydrogens (tertiary/aromatic N) is 2. The van der Waals surface area contributed by atoms with Gasteiger partial charge in [-0.2, -0.15) is 0 Å². The molecule has 0 aliphatic carbocycles. The van der Waals surface area contributed by atoms with Gasteiger partial charge < -0.3 is 10.0 Å². The largest absolute Gasteiger partial charge is 0.481 e. The van der Waals surface area contributed by atoms with Gasteiger partial charge in [-0.25, -0.2) is 0 Å². The summed E-state index contributed by atoms with van der Waals surface area (Å²) >= 11 is 0. The van der Waals surface area contributed by atoms with E-state index in [9.17, 15) is 9.59 Å². The Morgan fingerprint density at radius 1 is 0.952 bits per heavy atom. The first-order valence-electron chi connectivity index (χ1n) is 7.87. The number of amides is 1. The van der Waals surface area contributed by atoms with E-state index in [1.807, 2.05) is 23.6 Å². The van der Waals surface area contributed by atoms with Crippen LogP contribution in [0.3, 0.4) is 0 Å². The lowest BCUT2D eigenvalue weighted by molar-refractivity contribution is -0.139. The Bertz CT molecular complexity index is 317. The Morgan fingerprint density at radius 3 is 1.76 bits per heavy atom. The second-order valence-corrected chi connectivity index (χ2v) is 6.79. The van der Waals surface area contributed by atoms with Crippen LogP contribution in [0.2, 0.25) is 0 Å². The second-order valence-electron chi connectivity index (χ2n) is 6.79. The van der Waals surface area contributed by atoms with Crippen LogP contribution in [0.5, 0.6) is 0 Å². The van der Waals surface area contributed by atoms with Crippen LogP contribution >= 0.6 is 0 Å². The molecule has 0 aliphatic heterocycles. The minimum absolute atomic E-state index is 0.0693. The van der Waals surface area contributed by atoms with Crippen LogP contribution in [0.4, 0.5) is 0 Å². The minimum atomic E-state index is -0.825. The molecule has 21 heavy (non-hydrogen) atoms. The Labute approximate surface area is 129 Å². The van der Waals surface area contributed by atoms with Crippen LogP contribution in [0.15, 0.2) is 0 Å². The van der Waals surface area contributed by atoms with E-state index in [1.165, 1.54) is 0 Å². The number of carbonyl (C=O) groups excluding carboxylic acids is 1. The molecule has 5 nitrogen and oxygen atoms in total. The number of rotatable bonds is 10. The van der Waals surface area contributed by atoms with Crippen molar-refractivity contribution in [1.82, 2.24) is 9.80 Å². The summed E-state index contributed by atoms with van der Waals surface area (Å²) in [5.74, 6) is 0.129. The first-order chi connectivity index (χ1) is 9.63. The van der Waals surface area contributed by atoms with E-state index < -0.39 is 5.97 Å². The average Bonchev–Trinajstić information content (AvgIpc) is 2.31. The van der Waals surface area contributed by atoms with Gasteiger partial charge in [0.1, 0.15) is 0 Å². The number of carbonyl (C=O) groups is 2. The van der Waals surface area contributed by atoms with E-state index >= 15 is 0 Å². The highest BCUT2D eigenvalue weighted by Gasteiger charge is 2.21. The highest BCUT2D eigenvalue weighted by molar-refractivity contribution is 5.78. The topological polar surface area (TPSA) is 60.9 Å². The molecule has 0 atom stereocenters. The molecule has 1 amide bonds. The Kier molecular flexibility index (Phi) is 9.26. The fraction of sp³-hybridized carbons (Fsp3) is 0.875. The van der Waals surface area contributed by atoms with Gasteiger partial charge in [0.15, 0.2) is 0 Å². The zero-order chi connectivity index (χ0) is 16.6. The fourth-order valence-corrected chi connectivity index (χ4v) is 2.19. The maximum Gasteiger partial charge on any atom is 0.304 e. The summed E-state index contributed by atoms with van der Waals surface area (Å²) in [6, 6.07) is 0.160. The third-order valence-corrected chi connectivity index (χ3v) is 3.21. The van der Waals surface area contributed by atoms with Crippen molar-refractivity contribution in [3.8, 4) is 0 Å². The molecule has 5 heteroatoms. The van der Waals surface area contributed by atoms with Gasteiger partial charge in [0, 0.05) is 25.7 Å². The van der Waals surface area contributed by atoms with Crippen molar-refractivity contribution in [3.63, 3.8) is 0 Å². The number of carboxylic acid groups (broad SMARTS) is 1. The van der Waals surface area contributed by atoms with Crippen molar-refractivity contribution >= 4 is 11.9 Å². The molecule has 0 fully saturated rings. The lowest BCUT2D eigenvalue weighted by Gasteiger charge is -2.31. The fourth-order valence-electron chi connectivity index (χ4n) is 2.19. The molecular formula is C16H32N2O3. The van der Waals surface area contributed by atoms with Crippen molar-refractivity contribution in [1.29, 1.82) is 0 Å². The van der Waals surface area contributed by atoms with Crippen LogP contribution in [0.25, 0.3) is 0 Å². The third-order valence-electron chi connectivity index (χ3n) is 3.21. The summed E-state index contributed by atoms with van der Waals surface area (Å²) in [4.78, 5) is 27.1. The van der Waals surface area contributed by atoms with Crippen LogP contribution in [0, 0.1) is 11.8 Å². The Balaban J connectivity index is 4.69. The second kappa shape index (κ2) is 9.77. The van der Waals surface area contributed by atoms with Crippen LogP contribution in [0.1, 0.15) is 48.0 Å². The SMILES string of the molecule is CC(C)CN(CC(C)C)C(=O)CN(CCC(=O)O)C(C)C. The molecule has 0 aliphatic rings. The molecule has 0 saturated carbocycles. The monoisotopic (exact) mass is 300 g/mol.